The van der Waals surface area contributed by atoms with E-state index < -0.39 is 10.0 Å². The normalized spacial score (nSPS) is 11.4. The molecule has 0 atom stereocenters. The van der Waals surface area contributed by atoms with Gasteiger partial charge in [-0.25, -0.2) is 8.42 Å². The zero-order chi connectivity index (χ0) is 12.5. The number of hydrogen-bond donors (Lipinski definition) is 1. The number of halogens is 1. The number of benzene rings is 1. The number of anilines is 1. The molecule has 0 aliphatic carbocycles. The van der Waals surface area contributed by atoms with E-state index in [1.165, 1.54) is 16.9 Å². The van der Waals surface area contributed by atoms with Gasteiger partial charge in [-0.1, -0.05) is 12.1 Å². The molecule has 90 valence electrons. The number of nitrogens with one attached hydrogen (secondary N) is 1. The highest BCUT2D eigenvalue weighted by Crippen LogP contribution is 2.23. The third-order valence-electron chi connectivity index (χ3n) is 2.19. The van der Waals surface area contributed by atoms with E-state index in [9.17, 15) is 8.42 Å². The van der Waals surface area contributed by atoms with Gasteiger partial charge in [-0.3, -0.25) is 9.40 Å². The molecule has 1 N–H and O–H groups in total. The van der Waals surface area contributed by atoms with E-state index in [0.717, 1.165) is 0 Å². The number of nitrogens with zero attached hydrogens (tertiary/aromatic N) is 2. The molecule has 0 bridgehead atoms. The van der Waals surface area contributed by atoms with E-state index in [0.29, 0.717) is 10.3 Å². The van der Waals surface area contributed by atoms with Gasteiger partial charge in [0.05, 0.1) is 6.20 Å². The Balaban J connectivity index is 2.39. The molecule has 1 aromatic heterocycles. The molecule has 0 spiro atoms. The van der Waals surface area contributed by atoms with Crippen LogP contribution in [0.25, 0.3) is 0 Å². The lowest BCUT2D eigenvalue weighted by Gasteiger charge is -2.09. The van der Waals surface area contributed by atoms with Crippen LogP contribution in [0.15, 0.2) is 45.9 Å². The van der Waals surface area contributed by atoms with Gasteiger partial charge in [0.1, 0.15) is 10.7 Å². The van der Waals surface area contributed by atoms with Gasteiger partial charge >= 0.3 is 0 Å². The van der Waals surface area contributed by atoms with E-state index in [4.69, 9.17) is 0 Å². The Morgan fingerprint density at radius 2 is 2.00 bits per heavy atom. The Kier molecular flexibility index (Phi) is 3.21. The maximum Gasteiger partial charge on any atom is 0.264 e. The fourth-order valence-electron chi connectivity index (χ4n) is 1.33. The summed E-state index contributed by atoms with van der Waals surface area (Å²) in [6.45, 7) is 0. The van der Waals surface area contributed by atoms with Gasteiger partial charge in [0, 0.05) is 17.6 Å². The first-order chi connectivity index (χ1) is 8.00. The summed E-state index contributed by atoms with van der Waals surface area (Å²) in [6, 6.07) is 8.23. The number of hydrogen-bond acceptors (Lipinski definition) is 3. The van der Waals surface area contributed by atoms with Crippen molar-refractivity contribution in [1.82, 2.24) is 9.78 Å². The second-order valence-corrected chi connectivity index (χ2v) is 5.88. The van der Waals surface area contributed by atoms with Crippen molar-refractivity contribution in [2.24, 2.45) is 7.05 Å². The molecule has 2 rings (SSSR count). The van der Waals surface area contributed by atoms with Crippen LogP contribution < -0.4 is 4.72 Å². The summed E-state index contributed by atoms with van der Waals surface area (Å²) in [7, 11) is -1.93. The molecule has 0 aliphatic heterocycles. The van der Waals surface area contributed by atoms with Crippen LogP contribution in [0.1, 0.15) is 0 Å². The van der Waals surface area contributed by atoms with Gasteiger partial charge in [-0.2, -0.15) is 5.10 Å². The van der Waals surface area contributed by atoms with Crippen molar-refractivity contribution < 1.29 is 8.42 Å². The molecule has 0 fully saturated rings. The molecular formula is C10H10BrN3O2S. The Morgan fingerprint density at radius 1 is 1.29 bits per heavy atom. The molecule has 0 unspecified atom stereocenters. The summed E-state index contributed by atoms with van der Waals surface area (Å²) in [4.78, 5) is 0.196. The first-order valence-electron chi connectivity index (χ1n) is 4.76. The van der Waals surface area contributed by atoms with Crippen LogP contribution in [0.4, 0.5) is 5.82 Å². The van der Waals surface area contributed by atoms with Gasteiger partial charge in [0.2, 0.25) is 0 Å². The largest absolute Gasteiger partial charge is 0.264 e. The van der Waals surface area contributed by atoms with Crippen LogP contribution in [0, 0.1) is 0 Å². The Morgan fingerprint density at radius 3 is 2.59 bits per heavy atom. The molecule has 0 aliphatic rings. The molecule has 17 heavy (non-hydrogen) atoms. The van der Waals surface area contributed by atoms with Crippen molar-refractivity contribution in [2.45, 2.75) is 4.90 Å². The second kappa shape index (κ2) is 4.50. The lowest BCUT2D eigenvalue weighted by Crippen LogP contribution is -2.15. The summed E-state index contributed by atoms with van der Waals surface area (Å²) in [6.07, 6.45) is 1.53. The molecule has 2 aromatic rings. The molecule has 0 saturated carbocycles. The third-order valence-corrected chi connectivity index (χ3v) is 4.55. The van der Waals surface area contributed by atoms with Gasteiger partial charge < -0.3 is 0 Å². The quantitative estimate of drug-likeness (QED) is 0.942. The van der Waals surface area contributed by atoms with Gasteiger partial charge in [-0.15, -0.1) is 0 Å². The van der Waals surface area contributed by atoms with E-state index >= 15 is 0 Å². The van der Waals surface area contributed by atoms with Crippen LogP contribution in [-0.2, 0) is 17.1 Å². The first kappa shape index (κ1) is 12.1. The Hall–Kier alpha value is -1.34. The van der Waals surface area contributed by atoms with Crippen LogP contribution in [0.3, 0.4) is 0 Å². The lowest BCUT2D eigenvalue weighted by molar-refractivity contribution is 0.600. The minimum absolute atomic E-state index is 0.196. The standard InChI is InChI=1S/C10H10BrN3O2S/c1-14-10(6-7-12-14)13-17(15,16)9-5-3-2-4-8(9)11/h2-7,13H,1H3. The summed E-state index contributed by atoms with van der Waals surface area (Å²) >= 11 is 3.21. The highest BCUT2D eigenvalue weighted by Gasteiger charge is 2.18. The zero-order valence-electron chi connectivity index (χ0n) is 8.96. The SMILES string of the molecule is Cn1nccc1NS(=O)(=O)c1ccccc1Br. The molecule has 0 amide bonds. The molecule has 1 aromatic carbocycles. The molecule has 7 heteroatoms. The molecular weight excluding hydrogens is 306 g/mol. The van der Waals surface area contributed by atoms with E-state index in [2.05, 4.69) is 25.8 Å². The molecule has 0 saturated heterocycles. The van der Waals surface area contributed by atoms with Crippen LogP contribution in [0.5, 0.6) is 0 Å². The molecule has 5 nitrogen and oxygen atoms in total. The fourth-order valence-corrected chi connectivity index (χ4v) is 3.42. The van der Waals surface area contributed by atoms with Crippen LogP contribution in [0.2, 0.25) is 0 Å². The van der Waals surface area contributed by atoms with E-state index in [1.807, 2.05) is 0 Å². The highest BCUT2D eigenvalue weighted by atomic mass is 79.9. The average molecular weight is 316 g/mol. The average Bonchev–Trinajstić information content (AvgIpc) is 2.64. The van der Waals surface area contributed by atoms with Crippen LogP contribution in [-0.4, -0.2) is 18.2 Å². The number of rotatable bonds is 3. The van der Waals surface area contributed by atoms with Crippen molar-refractivity contribution in [3.63, 3.8) is 0 Å². The number of sulfonamides is 1. The van der Waals surface area contributed by atoms with E-state index in [-0.39, 0.29) is 4.90 Å². The number of aromatic nitrogens is 2. The zero-order valence-corrected chi connectivity index (χ0v) is 11.4. The fraction of sp³-hybridized carbons (Fsp3) is 0.100. The minimum atomic E-state index is -3.59. The maximum atomic E-state index is 12.1. The Bertz CT molecular complexity index is 637. The van der Waals surface area contributed by atoms with Crippen molar-refractivity contribution in [2.75, 3.05) is 4.72 Å². The summed E-state index contributed by atoms with van der Waals surface area (Å²) < 4.78 is 28.6. The van der Waals surface area contributed by atoms with E-state index in [1.54, 1.807) is 31.3 Å². The van der Waals surface area contributed by atoms with Gasteiger partial charge in [0.15, 0.2) is 0 Å². The maximum absolute atomic E-state index is 12.1. The minimum Gasteiger partial charge on any atom is -0.264 e. The van der Waals surface area contributed by atoms with Crippen molar-refractivity contribution >= 4 is 31.8 Å². The van der Waals surface area contributed by atoms with Crippen molar-refractivity contribution in [3.8, 4) is 0 Å². The lowest BCUT2D eigenvalue weighted by atomic mass is 10.4. The van der Waals surface area contributed by atoms with Crippen LogP contribution >= 0.6 is 15.9 Å². The summed E-state index contributed by atoms with van der Waals surface area (Å²) in [5.74, 6) is 0.417. The summed E-state index contributed by atoms with van der Waals surface area (Å²) in [5, 5.41) is 3.89. The smallest absolute Gasteiger partial charge is 0.264 e. The predicted octanol–water partition coefficient (Wildman–Crippen LogP) is 1.98. The monoisotopic (exact) mass is 315 g/mol. The highest BCUT2D eigenvalue weighted by molar-refractivity contribution is 9.10. The van der Waals surface area contributed by atoms with Gasteiger partial charge in [-0.05, 0) is 28.1 Å². The van der Waals surface area contributed by atoms with Crippen molar-refractivity contribution in [3.05, 3.63) is 41.0 Å². The predicted molar refractivity (Wildman–Crippen MR) is 68.2 cm³/mol. The third kappa shape index (κ3) is 2.50. The molecule has 1 heterocycles. The topological polar surface area (TPSA) is 64.0 Å². The first-order valence-corrected chi connectivity index (χ1v) is 7.04. The molecule has 0 radical (unpaired) electrons. The van der Waals surface area contributed by atoms with Crippen molar-refractivity contribution in [1.29, 1.82) is 0 Å². The van der Waals surface area contributed by atoms with Gasteiger partial charge in [0.25, 0.3) is 10.0 Å². The Labute approximate surface area is 108 Å². The second-order valence-electron chi connectivity index (χ2n) is 3.38. The number of aryl methyl sites for hydroxylation is 1. The summed E-state index contributed by atoms with van der Waals surface area (Å²) in [5.41, 5.74) is 0.